The summed E-state index contributed by atoms with van der Waals surface area (Å²) in [5.41, 5.74) is 2.92. The Morgan fingerprint density at radius 1 is 1.31 bits per heavy atom. The van der Waals surface area contributed by atoms with Crippen LogP contribution in [0.5, 0.6) is 5.75 Å². The third-order valence-electron chi connectivity index (χ3n) is 4.03. The quantitative estimate of drug-likeness (QED) is 0.243. The van der Waals surface area contributed by atoms with Gasteiger partial charge in [0.1, 0.15) is 15.6 Å². The first kappa shape index (κ1) is 25.2. The van der Waals surface area contributed by atoms with Crippen molar-refractivity contribution < 1.29 is 14.3 Å². The van der Waals surface area contributed by atoms with Gasteiger partial charge < -0.3 is 20.1 Å². The van der Waals surface area contributed by atoms with Gasteiger partial charge in [-0.3, -0.25) is 4.99 Å². The van der Waals surface area contributed by atoms with Crippen molar-refractivity contribution in [3.8, 4) is 5.75 Å². The summed E-state index contributed by atoms with van der Waals surface area (Å²) in [5.74, 6) is 1.16. The fourth-order valence-corrected chi connectivity index (χ4v) is 3.64. The lowest BCUT2D eigenvalue weighted by atomic mass is 10.1. The van der Waals surface area contributed by atoms with Crippen molar-refractivity contribution in [3.63, 3.8) is 0 Å². The van der Waals surface area contributed by atoms with Crippen LogP contribution in [-0.4, -0.2) is 37.7 Å². The van der Waals surface area contributed by atoms with E-state index in [-0.39, 0.29) is 36.0 Å². The van der Waals surface area contributed by atoms with Crippen LogP contribution in [0, 0.1) is 13.8 Å². The number of rotatable bonds is 7. The van der Waals surface area contributed by atoms with E-state index in [9.17, 15) is 4.79 Å². The van der Waals surface area contributed by atoms with Crippen LogP contribution >= 0.6 is 35.3 Å². The molecule has 2 rings (SSSR count). The molecule has 0 spiro atoms. The summed E-state index contributed by atoms with van der Waals surface area (Å²) in [6.45, 7) is 8.58. The zero-order chi connectivity index (χ0) is 20.7. The van der Waals surface area contributed by atoms with E-state index >= 15 is 0 Å². The Morgan fingerprint density at radius 2 is 2.03 bits per heavy atom. The van der Waals surface area contributed by atoms with Crippen LogP contribution in [0.15, 0.2) is 23.2 Å². The zero-order valence-corrected chi connectivity index (χ0v) is 20.8. The molecule has 9 heteroatoms. The van der Waals surface area contributed by atoms with Gasteiger partial charge in [0.25, 0.3) is 0 Å². The summed E-state index contributed by atoms with van der Waals surface area (Å²) >= 11 is 1.34. The maximum atomic E-state index is 12.0. The number of esters is 1. The molecule has 1 aromatic carbocycles. The molecule has 0 fully saturated rings. The van der Waals surface area contributed by atoms with Gasteiger partial charge in [0.05, 0.1) is 25.5 Å². The predicted octanol–water partition coefficient (Wildman–Crippen LogP) is 3.99. The first-order valence-corrected chi connectivity index (χ1v) is 9.95. The van der Waals surface area contributed by atoms with Crippen LogP contribution < -0.4 is 15.4 Å². The van der Waals surface area contributed by atoms with Crippen LogP contribution in [0.2, 0.25) is 0 Å². The Hall–Kier alpha value is -1.88. The third-order valence-corrected chi connectivity index (χ3v) is 5.35. The lowest BCUT2D eigenvalue weighted by molar-refractivity contribution is 0.0531. The second-order valence-corrected chi connectivity index (χ2v) is 7.37. The summed E-state index contributed by atoms with van der Waals surface area (Å²) in [5, 5.41) is 7.42. The predicted molar refractivity (Wildman–Crippen MR) is 128 cm³/mol. The van der Waals surface area contributed by atoms with Gasteiger partial charge in [-0.25, -0.2) is 9.78 Å². The van der Waals surface area contributed by atoms with Crippen molar-refractivity contribution >= 4 is 47.2 Å². The normalized spacial score (nSPS) is 12.0. The second kappa shape index (κ2) is 12.0. The summed E-state index contributed by atoms with van der Waals surface area (Å²) in [7, 11) is 3.38. The average Bonchev–Trinajstić information content (AvgIpc) is 3.06. The molecule has 0 aliphatic carbocycles. The van der Waals surface area contributed by atoms with Crippen molar-refractivity contribution in [2.45, 2.75) is 40.3 Å². The molecule has 0 radical (unpaired) electrons. The Balaban J connectivity index is 0.00000420. The molecule has 0 bridgehead atoms. The SMILES string of the molecule is CCOC(=O)c1sc(C(C)NC(=NC)NCc2cc(C)cc(OC)c2)nc1C.I. The lowest BCUT2D eigenvalue weighted by Gasteiger charge is -2.16. The number of nitrogens with zero attached hydrogens (tertiary/aromatic N) is 2. The fraction of sp³-hybridized carbons (Fsp3) is 0.450. The van der Waals surface area contributed by atoms with Crippen LogP contribution in [0.25, 0.3) is 0 Å². The largest absolute Gasteiger partial charge is 0.497 e. The van der Waals surface area contributed by atoms with Crippen molar-refractivity contribution in [1.82, 2.24) is 15.6 Å². The number of methoxy groups -OCH3 is 1. The Bertz CT molecular complexity index is 854. The van der Waals surface area contributed by atoms with E-state index in [1.54, 1.807) is 21.1 Å². The molecular formula is C20H29IN4O3S. The third kappa shape index (κ3) is 7.14. The molecule has 1 unspecified atom stereocenters. The number of carbonyl (C=O) groups is 1. The summed E-state index contributed by atoms with van der Waals surface area (Å²) in [6, 6.07) is 5.98. The molecule has 1 aromatic heterocycles. The smallest absolute Gasteiger partial charge is 0.350 e. The fourth-order valence-electron chi connectivity index (χ4n) is 2.68. The van der Waals surface area contributed by atoms with Crippen LogP contribution in [0.4, 0.5) is 0 Å². The second-order valence-electron chi connectivity index (χ2n) is 6.34. The van der Waals surface area contributed by atoms with Gasteiger partial charge >= 0.3 is 5.97 Å². The van der Waals surface area contributed by atoms with E-state index in [4.69, 9.17) is 9.47 Å². The molecule has 1 atom stereocenters. The number of thiazole rings is 1. The number of hydrogen-bond acceptors (Lipinski definition) is 6. The molecule has 0 aliphatic heterocycles. The van der Waals surface area contributed by atoms with Crippen molar-refractivity contribution in [2.24, 2.45) is 4.99 Å². The van der Waals surface area contributed by atoms with Gasteiger partial charge in [0.2, 0.25) is 0 Å². The number of benzene rings is 1. The number of hydrogen-bond donors (Lipinski definition) is 2. The van der Waals surface area contributed by atoms with Crippen LogP contribution in [0.1, 0.15) is 51.4 Å². The average molecular weight is 532 g/mol. The topological polar surface area (TPSA) is 84.8 Å². The molecule has 29 heavy (non-hydrogen) atoms. The maximum absolute atomic E-state index is 12.0. The van der Waals surface area contributed by atoms with Crippen molar-refractivity contribution in [1.29, 1.82) is 0 Å². The molecule has 0 saturated carbocycles. The van der Waals surface area contributed by atoms with Crippen molar-refractivity contribution in [2.75, 3.05) is 20.8 Å². The number of aromatic nitrogens is 1. The Kier molecular flexibility index (Phi) is 10.4. The first-order chi connectivity index (χ1) is 13.4. The minimum Gasteiger partial charge on any atom is -0.497 e. The standard InChI is InChI=1S/C20H28N4O3S.HI/c1-7-27-19(25)17-13(3)23-18(28-17)14(4)24-20(21-5)22-11-15-8-12(2)9-16(10-15)26-6;/h8-10,14H,7,11H2,1-6H3,(H2,21,22,24);1H. The summed E-state index contributed by atoms with van der Waals surface area (Å²) in [4.78, 5) is 21.3. The van der Waals surface area contributed by atoms with E-state index < -0.39 is 0 Å². The number of nitrogens with one attached hydrogen (secondary N) is 2. The Morgan fingerprint density at radius 3 is 2.66 bits per heavy atom. The highest BCUT2D eigenvalue weighted by atomic mass is 127. The zero-order valence-electron chi connectivity index (χ0n) is 17.7. The minimum absolute atomic E-state index is 0. The molecule has 2 N–H and O–H groups in total. The molecule has 160 valence electrons. The molecular weight excluding hydrogens is 503 g/mol. The lowest BCUT2D eigenvalue weighted by Crippen LogP contribution is -2.38. The van der Waals surface area contributed by atoms with E-state index in [0.29, 0.717) is 29.7 Å². The molecule has 1 heterocycles. The molecule has 0 aliphatic rings. The van der Waals surface area contributed by atoms with Gasteiger partial charge in [0, 0.05) is 13.6 Å². The van der Waals surface area contributed by atoms with E-state index in [1.165, 1.54) is 11.3 Å². The monoisotopic (exact) mass is 532 g/mol. The number of carbonyl (C=O) groups excluding carboxylic acids is 1. The van der Waals surface area contributed by atoms with Crippen molar-refractivity contribution in [3.05, 3.63) is 44.9 Å². The molecule has 0 saturated heterocycles. The number of guanidine groups is 1. The van der Waals surface area contributed by atoms with E-state index in [1.807, 2.05) is 32.9 Å². The van der Waals surface area contributed by atoms with Gasteiger partial charge in [-0.15, -0.1) is 35.3 Å². The van der Waals surface area contributed by atoms with E-state index in [2.05, 4.69) is 26.7 Å². The molecule has 0 amide bonds. The summed E-state index contributed by atoms with van der Waals surface area (Å²) < 4.78 is 10.4. The summed E-state index contributed by atoms with van der Waals surface area (Å²) in [6.07, 6.45) is 0. The number of ether oxygens (including phenoxy) is 2. The number of aliphatic imine (C=N–C) groups is 1. The van der Waals surface area contributed by atoms with E-state index in [0.717, 1.165) is 21.9 Å². The maximum Gasteiger partial charge on any atom is 0.350 e. The highest BCUT2D eigenvalue weighted by molar-refractivity contribution is 14.0. The molecule has 7 nitrogen and oxygen atoms in total. The van der Waals surface area contributed by atoms with Gasteiger partial charge in [0.15, 0.2) is 5.96 Å². The minimum atomic E-state index is -0.327. The first-order valence-electron chi connectivity index (χ1n) is 9.14. The Labute approximate surface area is 193 Å². The van der Waals surface area contributed by atoms with Gasteiger partial charge in [-0.05, 0) is 51.0 Å². The molecule has 2 aromatic rings. The van der Waals surface area contributed by atoms with Gasteiger partial charge in [-0.1, -0.05) is 6.07 Å². The van der Waals surface area contributed by atoms with Crippen LogP contribution in [0.3, 0.4) is 0 Å². The number of aryl methyl sites for hydroxylation is 2. The van der Waals surface area contributed by atoms with Crippen LogP contribution in [-0.2, 0) is 11.3 Å². The number of halogens is 1. The van der Waals surface area contributed by atoms with Gasteiger partial charge in [-0.2, -0.15) is 0 Å². The highest BCUT2D eigenvalue weighted by Gasteiger charge is 2.20. The highest BCUT2D eigenvalue weighted by Crippen LogP contribution is 2.24.